The van der Waals surface area contributed by atoms with Gasteiger partial charge in [-0.05, 0) is 26.0 Å². The lowest BCUT2D eigenvalue weighted by Crippen LogP contribution is -2.35. The summed E-state index contributed by atoms with van der Waals surface area (Å²) in [5.41, 5.74) is 0.889. The lowest BCUT2D eigenvalue weighted by molar-refractivity contribution is -0.137. The van der Waals surface area contributed by atoms with E-state index in [4.69, 9.17) is 9.15 Å². The summed E-state index contributed by atoms with van der Waals surface area (Å²) in [6.45, 7) is 3.32. The Bertz CT molecular complexity index is 791. The molecule has 1 atom stereocenters. The maximum atomic E-state index is 12.0. The van der Waals surface area contributed by atoms with Crippen molar-refractivity contribution >= 4 is 22.8 Å². The van der Waals surface area contributed by atoms with Gasteiger partial charge in [0, 0.05) is 20.2 Å². The highest BCUT2D eigenvalue weighted by Crippen LogP contribution is 2.15. The molecule has 2 rings (SSSR count). The second kappa shape index (κ2) is 6.01. The minimum absolute atomic E-state index is 0.222. The Balaban J connectivity index is 2.31. The van der Waals surface area contributed by atoms with E-state index in [1.165, 1.54) is 11.8 Å². The highest BCUT2D eigenvalue weighted by Gasteiger charge is 2.22. The summed E-state index contributed by atoms with van der Waals surface area (Å²) in [6, 6.07) is 6.17. The van der Waals surface area contributed by atoms with Gasteiger partial charge in [-0.3, -0.25) is 9.59 Å². The monoisotopic (exact) mass is 303 g/mol. The zero-order valence-corrected chi connectivity index (χ0v) is 12.9. The van der Waals surface area contributed by atoms with Crippen molar-refractivity contribution in [2.24, 2.45) is 0 Å². The molecule has 6 nitrogen and oxygen atoms in total. The molecule has 1 aromatic heterocycles. The summed E-state index contributed by atoms with van der Waals surface area (Å²) in [4.78, 5) is 37.1. The number of fused-ring (bicyclic) bond motifs is 1. The fourth-order valence-electron chi connectivity index (χ4n) is 2.00. The number of nitrogens with zero attached hydrogens (tertiary/aromatic N) is 1. The molecule has 1 amide bonds. The third-order valence-corrected chi connectivity index (χ3v) is 3.16. The van der Waals surface area contributed by atoms with Crippen LogP contribution in [0.5, 0.6) is 0 Å². The number of rotatable bonds is 3. The summed E-state index contributed by atoms with van der Waals surface area (Å²) < 4.78 is 10.4. The van der Waals surface area contributed by atoms with Gasteiger partial charge >= 0.3 is 5.97 Å². The molecule has 1 aromatic carbocycles. The Kier molecular flexibility index (Phi) is 4.30. The van der Waals surface area contributed by atoms with Crippen LogP contribution in [-0.2, 0) is 9.53 Å². The van der Waals surface area contributed by atoms with Crippen LogP contribution in [0.4, 0.5) is 0 Å². The molecular formula is C16H17NO5. The van der Waals surface area contributed by atoms with Crippen LogP contribution in [0.3, 0.4) is 0 Å². The summed E-state index contributed by atoms with van der Waals surface area (Å²) >= 11 is 0. The Morgan fingerprint density at radius 1 is 1.23 bits per heavy atom. The molecule has 0 saturated carbocycles. The first-order valence-corrected chi connectivity index (χ1v) is 6.76. The van der Waals surface area contributed by atoms with Crippen molar-refractivity contribution in [3.63, 3.8) is 0 Å². The SMILES string of the molecule is Cc1ccc2oc(C(=O)O[C@H](C)C(=O)N(C)C)cc(=O)c2c1. The molecule has 0 radical (unpaired) electrons. The van der Waals surface area contributed by atoms with E-state index in [1.807, 2.05) is 6.92 Å². The first-order chi connectivity index (χ1) is 10.3. The topological polar surface area (TPSA) is 76.8 Å². The molecule has 0 spiro atoms. The number of likely N-dealkylation sites (N-methyl/N-ethyl adjacent to an activating group) is 1. The van der Waals surface area contributed by atoms with E-state index in [2.05, 4.69) is 0 Å². The third kappa shape index (κ3) is 3.16. The van der Waals surface area contributed by atoms with Gasteiger partial charge in [0.25, 0.3) is 5.91 Å². The largest absolute Gasteiger partial charge is 0.449 e. The second-order valence-electron chi connectivity index (χ2n) is 5.25. The molecule has 0 N–H and O–H groups in total. The van der Waals surface area contributed by atoms with Crippen molar-refractivity contribution < 1.29 is 18.7 Å². The average Bonchev–Trinajstić information content (AvgIpc) is 2.46. The average molecular weight is 303 g/mol. The fourth-order valence-corrected chi connectivity index (χ4v) is 2.00. The van der Waals surface area contributed by atoms with Crippen molar-refractivity contribution in [1.82, 2.24) is 4.90 Å². The molecule has 116 valence electrons. The third-order valence-electron chi connectivity index (χ3n) is 3.16. The van der Waals surface area contributed by atoms with Gasteiger partial charge in [0.1, 0.15) is 5.58 Å². The highest BCUT2D eigenvalue weighted by molar-refractivity contribution is 5.91. The van der Waals surface area contributed by atoms with E-state index in [0.717, 1.165) is 11.6 Å². The number of aryl methyl sites for hydroxylation is 1. The van der Waals surface area contributed by atoms with Gasteiger partial charge in [0.15, 0.2) is 11.5 Å². The van der Waals surface area contributed by atoms with Gasteiger partial charge in [0.05, 0.1) is 5.39 Å². The van der Waals surface area contributed by atoms with E-state index in [-0.39, 0.29) is 17.1 Å². The fraction of sp³-hybridized carbons (Fsp3) is 0.312. The number of hydrogen-bond acceptors (Lipinski definition) is 5. The summed E-state index contributed by atoms with van der Waals surface area (Å²) in [6.07, 6.45) is -0.957. The number of ether oxygens (including phenoxy) is 1. The van der Waals surface area contributed by atoms with Crippen LogP contribution in [0.2, 0.25) is 0 Å². The van der Waals surface area contributed by atoms with Crippen molar-refractivity contribution in [3.8, 4) is 0 Å². The van der Waals surface area contributed by atoms with Crippen molar-refractivity contribution in [2.45, 2.75) is 20.0 Å². The number of benzene rings is 1. The van der Waals surface area contributed by atoms with Gasteiger partial charge in [-0.2, -0.15) is 0 Å². The van der Waals surface area contributed by atoms with Gasteiger partial charge < -0.3 is 14.1 Å². The first-order valence-electron chi connectivity index (χ1n) is 6.76. The molecule has 0 saturated heterocycles. The van der Waals surface area contributed by atoms with Crippen LogP contribution < -0.4 is 5.43 Å². The van der Waals surface area contributed by atoms with Gasteiger partial charge in [-0.1, -0.05) is 11.6 Å². The van der Waals surface area contributed by atoms with E-state index in [0.29, 0.717) is 11.0 Å². The van der Waals surface area contributed by atoms with Crippen LogP contribution >= 0.6 is 0 Å². The number of carbonyl (C=O) groups excluding carboxylic acids is 2. The number of amides is 1. The van der Waals surface area contributed by atoms with Gasteiger partial charge in [0.2, 0.25) is 5.76 Å². The highest BCUT2D eigenvalue weighted by atomic mass is 16.6. The maximum Gasteiger partial charge on any atom is 0.375 e. The first kappa shape index (κ1) is 15.8. The lowest BCUT2D eigenvalue weighted by Gasteiger charge is -2.16. The van der Waals surface area contributed by atoms with Crippen LogP contribution in [0.15, 0.2) is 33.5 Å². The van der Waals surface area contributed by atoms with Crippen molar-refractivity contribution in [3.05, 3.63) is 45.8 Å². The zero-order valence-electron chi connectivity index (χ0n) is 12.9. The standard InChI is InChI=1S/C16H17NO5/c1-9-5-6-13-11(7-9)12(18)8-14(22-13)16(20)21-10(2)15(19)17(3)4/h5-8,10H,1-4H3/t10-/m1/s1. The molecule has 1 heterocycles. The lowest BCUT2D eigenvalue weighted by atomic mass is 10.1. The molecule has 22 heavy (non-hydrogen) atoms. The van der Waals surface area contributed by atoms with Crippen LogP contribution in [0.25, 0.3) is 11.0 Å². The molecule has 2 aromatic rings. The number of esters is 1. The van der Waals surface area contributed by atoms with Crippen molar-refractivity contribution in [1.29, 1.82) is 0 Å². The Labute approximate surface area is 127 Å². The summed E-state index contributed by atoms with van der Waals surface area (Å²) in [5, 5.41) is 0.397. The Morgan fingerprint density at radius 2 is 1.91 bits per heavy atom. The van der Waals surface area contributed by atoms with E-state index >= 15 is 0 Å². The van der Waals surface area contributed by atoms with Crippen LogP contribution in [-0.4, -0.2) is 37.0 Å². The minimum Gasteiger partial charge on any atom is -0.449 e. The predicted molar refractivity (Wildman–Crippen MR) is 80.8 cm³/mol. The number of hydrogen-bond donors (Lipinski definition) is 0. The van der Waals surface area contributed by atoms with Crippen LogP contribution in [0, 0.1) is 6.92 Å². The minimum atomic E-state index is -0.957. The molecule has 0 fully saturated rings. The molecule has 0 aliphatic carbocycles. The smallest absolute Gasteiger partial charge is 0.375 e. The molecule has 0 bridgehead atoms. The molecule has 0 aliphatic rings. The zero-order chi connectivity index (χ0) is 16.4. The predicted octanol–water partition coefficient (Wildman–Crippen LogP) is 1.73. The summed E-state index contributed by atoms with van der Waals surface area (Å²) in [5.74, 6) is -1.42. The molecule has 6 heteroatoms. The van der Waals surface area contributed by atoms with E-state index in [1.54, 1.807) is 32.3 Å². The Morgan fingerprint density at radius 3 is 2.55 bits per heavy atom. The van der Waals surface area contributed by atoms with Crippen LogP contribution in [0.1, 0.15) is 23.0 Å². The van der Waals surface area contributed by atoms with Gasteiger partial charge in [-0.15, -0.1) is 0 Å². The Hall–Kier alpha value is -2.63. The second-order valence-corrected chi connectivity index (χ2v) is 5.25. The normalized spacial score (nSPS) is 12.0. The van der Waals surface area contributed by atoms with Gasteiger partial charge in [-0.25, -0.2) is 4.79 Å². The quantitative estimate of drug-likeness (QED) is 0.807. The maximum absolute atomic E-state index is 12.0. The molecule has 0 aliphatic heterocycles. The van der Waals surface area contributed by atoms with E-state index < -0.39 is 12.1 Å². The molecular weight excluding hydrogens is 286 g/mol. The summed E-state index contributed by atoms with van der Waals surface area (Å²) in [7, 11) is 3.12. The van der Waals surface area contributed by atoms with Crippen molar-refractivity contribution in [2.75, 3.05) is 14.1 Å². The van der Waals surface area contributed by atoms with E-state index in [9.17, 15) is 14.4 Å². The molecule has 0 unspecified atom stereocenters. The number of carbonyl (C=O) groups is 2.